The number of piperidine rings is 2. The Kier molecular flexibility index (Phi) is 13.0. The van der Waals surface area contributed by atoms with Crippen molar-refractivity contribution in [1.82, 2.24) is 31.1 Å². The average Bonchev–Trinajstić information content (AvgIpc) is 3.35. The van der Waals surface area contributed by atoms with Crippen molar-refractivity contribution in [3.63, 3.8) is 0 Å². The molecule has 14 nitrogen and oxygen atoms in total. The van der Waals surface area contributed by atoms with E-state index in [4.69, 9.17) is 4.74 Å². The average molecular weight is 729 g/mol. The van der Waals surface area contributed by atoms with E-state index in [1.807, 2.05) is 48.5 Å². The molecule has 0 spiro atoms. The third-order valence-corrected chi connectivity index (χ3v) is 11.3. The van der Waals surface area contributed by atoms with Gasteiger partial charge in [0.2, 0.25) is 29.4 Å². The number of likely N-dealkylation sites (tertiary alicyclic amines) is 1. The van der Waals surface area contributed by atoms with Crippen LogP contribution in [-0.2, 0) is 33.5 Å². The molecule has 4 rings (SSSR count). The number of imide groups is 1. The van der Waals surface area contributed by atoms with Gasteiger partial charge in [0.25, 0.3) is 5.91 Å². The van der Waals surface area contributed by atoms with Crippen LogP contribution in [0.25, 0.3) is 0 Å². The number of nitrogens with zero attached hydrogens (tertiary/aromatic N) is 2. The fraction of sp³-hybridized carbons (Fsp3) is 0.763. The number of amides is 7. The number of hydrogen-bond donors (Lipinski definition) is 4. The molecule has 3 aliphatic heterocycles. The number of urea groups is 1. The predicted octanol–water partition coefficient (Wildman–Crippen LogP) is 2.45. The summed E-state index contributed by atoms with van der Waals surface area (Å²) in [5, 5.41) is 11.0. The van der Waals surface area contributed by atoms with E-state index in [1.54, 1.807) is 0 Å². The molecule has 52 heavy (non-hydrogen) atoms. The van der Waals surface area contributed by atoms with Crippen molar-refractivity contribution in [3.8, 4) is 0 Å². The molecule has 0 radical (unpaired) electrons. The van der Waals surface area contributed by atoms with Crippen LogP contribution in [0.5, 0.6) is 0 Å². The van der Waals surface area contributed by atoms with Gasteiger partial charge in [0, 0.05) is 39.1 Å². The topological polar surface area (TPSA) is 183 Å². The van der Waals surface area contributed by atoms with Gasteiger partial charge in [-0.15, -0.1) is 6.58 Å². The van der Waals surface area contributed by atoms with Gasteiger partial charge >= 0.3 is 6.03 Å². The molecule has 14 heteroatoms. The van der Waals surface area contributed by atoms with Gasteiger partial charge in [-0.3, -0.25) is 33.7 Å². The second-order valence-corrected chi connectivity index (χ2v) is 17.4. The Hall–Kier alpha value is -3.81. The molecule has 4 aliphatic rings. The van der Waals surface area contributed by atoms with Crippen molar-refractivity contribution in [2.45, 2.75) is 124 Å². The minimum Gasteiger partial charge on any atom is -0.379 e. The maximum Gasteiger partial charge on any atom is 0.315 e. The molecule has 1 saturated carbocycles. The molecule has 0 unspecified atom stereocenters. The minimum atomic E-state index is -1.15. The number of rotatable bonds is 8. The summed E-state index contributed by atoms with van der Waals surface area (Å²) in [5.74, 6) is -3.27. The monoisotopic (exact) mass is 728 g/mol. The Morgan fingerprint density at radius 3 is 2.27 bits per heavy atom. The standard InChI is InChI=1S/C38H60N6O8/c1-9-16-39-33(49)31(47)24-15-13-11-10-12-14-17-52-22-25(34(50)44-20-23-29(38(23,7)8)30(44)32(48)40-24)41-35(51)42-26(36(2,3)4)21-43-27(45)18-37(5,6)19-28(43)46/h9,23-26,29-30H,1,10-22H2,2-8H3,(H,39,49)(H,40,48)(H2,41,42,51)/t23-,24+,25+,26+,29-,30-/m0/s1. The molecule has 3 heterocycles. The number of nitrogens with one attached hydrogen (secondary N) is 4. The maximum absolute atomic E-state index is 14.4. The van der Waals surface area contributed by atoms with Gasteiger partial charge in [0.1, 0.15) is 12.1 Å². The van der Waals surface area contributed by atoms with Gasteiger partial charge in [-0.05, 0) is 40.9 Å². The van der Waals surface area contributed by atoms with E-state index in [0.29, 0.717) is 13.0 Å². The summed E-state index contributed by atoms with van der Waals surface area (Å²) in [5.41, 5.74) is -1.23. The van der Waals surface area contributed by atoms with Crippen LogP contribution < -0.4 is 21.3 Å². The lowest BCUT2D eigenvalue weighted by Gasteiger charge is -2.40. The van der Waals surface area contributed by atoms with E-state index in [1.165, 1.54) is 15.9 Å². The lowest BCUT2D eigenvalue weighted by molar-refractivity contribution is -0.153. The van der Waals surface area contributed by atoms with Crippen LogP contribution in [-0.4, -0.2) is 108 Å². The third kappa shape index (κ3) is 9.78. The van der Waals surface area contributed by atoms with Gasteiger partial charge in [-0.25, -0.2) is 4.79 Å². The van der Waals surface area contributed by atoms with Crippen LogP contribution >= 0.6 is 0 Å². The number of ether oxygens (including phenoxy) is 1. The molecule has 4 fully saturated rings. The molecule has 0 bridgehead atoms. The van der Waals surface area contributed by atoms with Crippen molar-refractivity contribution in [2.75, 3.05) is 32.8 Å². The fourth-order valence-corrected chi connectivity index (χ4v) is 7.90. The third-order valence-electron chi connectivity index (χ3n) is 11.3. The quantitative estimate of drug-likeness (QED) is 0.167. The number of fused-ring (bicyclic) bond motifs is 3. The van der Waals surface area contributed by atoms with E-state index >= 15 is 0 Å². The zero-order valence-corrected chi connectivity index (χ0v) is 32.1. The summed E-state index contributed by atoms with van der Waals surface area (Å²) >= 11 is 0. The van der Waals surface area contributed by atoms with E-state index in [9.17, 15) is 33.6 Å². The van der Waals surface area contributed by atoms with E-state index in [-0.39, 0.29) is 74.6 Å². The number of Topliss-reactive ketones (excluding diaryl/α,β-unsaturated/α-hetero) is 1. The maximum atomic E-state index is 14.4. The lowest BCUT2D eigenvalue weighted by atomic mass is 9.80. The zero-order valence-electron chi connectivity index (χ0n) is 32.1. The summed E-state index contributed by atoms with van der Waals surface area (Å²) in [4.78, 5) is 96.6. The molecule has 6 atom stereocenters. The normalized spacial score (nSPS) is 28.9. The lowest BCUT2D eigenvalue weighted by Crippen LogP contribution is -2.61. The molecule has 3 saturated heterocycles. The predicted molar refractivity (Wildman–Crippen MR) is 193 cm³/mol. The van der Waals surface area contributed by atoms with Crippen LogP contribution in [0.3, 0.4) is 0 Å². The Morgan fingerprint density at radius 2 is 1.63 bits per heavy atom. The smallest absolute Gasteiger partial charge is 0.315 e. The summed E-state index contributed by atoms with van der Waals surface area (Å²) in [7, 11) is 0. The van der Waals surface area contributed by atoms with Gasteiger partial charge < -0.3 is 30.9 Å². The van der Waals surface area contributed by atoms with Crippen molar-refractivity contribution in [2.24, 2.45) is 28.1 Å². The number of carbonyl (C=O) groups excluding carboxylic acids is 7. The second kappa shape index (κ2) is 16.5. The Labute approximate surface area is 307 Å². The molecule has 290 valence electrons. The van der Waals surface area contributed by atoms with Crippen LogP contribution in [0.15, 0.2) is 12.7 Å². The molecule has 0 aromatic heterocycles. The first kappa shape index (κ1) is 41.0. The first-order chi connectivity index (χ1) is 24.3. The van der Waals surface area contributed by atoms with E-state index in [2.05, 4.69) is 27.8 Å². The highest BCUT2D eigenvalue weighted by atomic mass is 16.5. The Morgan fingerprint density at radius 1 is 1.00 bits per heavy atom. The molecule has 0 aromatic carbocycles. The van der Waals surface area contributed by atoms with Crippen molar-refractivity contribution in [3.05, 3.63) is 12.7 Å². The highest BCUT2D eigenvalue weighted by Crippen LogP contribution is 2.65. The van der Waals surface area contributed by atoms with E-state index in [0.717, 1.165) is 25.7 Å². The largest absolute Gasteiger partial charge is 0.379 e. The second-order valence-electron chi connectivity index (χ2n) is 17.4. The molecule has 0 aromatic rings. The van der Waals surface area contributed by atoms with Crippen LogP contribution in [0.1, 0.15) is 99.8 Å². The van der Waals surface area contributed by atoms with Crippen molar-refractivity contribution >= 4 is 41.4 Å². The summed E-state index contributed by atoms with van der Waals surface area (Å²) in [6.07, 6.45) is 6.03. The summed E-state index contributed by atoms with van der Waals surface area (Å²) in [6, 6.07) is -4.42. The Bertz CT molecular complexity index is 1400. The summed E-state index contributed by atoms with van der Waals surface area (Å²) in [6.45, 7) is 17.7. The SMILES string of the molecule is C=CCNC(=O)C(=O)[C@H]1CCCCCCCOC[C@@H](NC(=O)N[C@H](CN2C(=O)CC(C)(C)CC2=O)C(C)(C)C)C(=O)N2C[C@H]3[C@@H]([C@H]2C(=O)N1)C3(C)C. The van der Waals surface area contributed by atoms with Crippen molar-refractivity contribution < 1.29 is 38.3 Å². The highest BCUT2D eigenvalue weighted by Gasteiger charge is 2.69. The number of carbonyl (C=O) groups is 7. The first-order valence-corrected chi connectivity index (χ1v) is 18.8. The summed E-state index contributed by atoms with van der Waals surface area (Å²) < 4.78 is 5.94. The van der Waals surface area contributed by atoms with E-state index < -0.39 is 64.5 Å². The van der Waals surface area contributed by atoms with Crippen LogP contribution in [0.4, 0.5) is 4.79 Å². The minimum absolute atomic E-state index is 0.0158. The van der Waals surface area contributed by atoms with Crippen molar-refractivity contribution in [1.29, 1.82) is 0 Å². The molecule has 7 amide bonds. The molecule has 4 N–H and O–H groups in total. The molecular weight excluding hydrogens is 668 g/mol. The fourth-order valence-electron chi connectivity index (χ4n) is 7.90. The van der Waals surface area contributed by atoms with Gasteiger partial charge in [-0.2, -0.15) is 0 Å². The highest BCUT2D eigenvalue weighted by molar-refractivity contribution is 6.38. The van der Waals surface area contributed by atoms with Crippen LogP contribution in [0.2, 0.25) is 0 Å². The number of hydrogen-bond acceptors (Lipinski definition) is 8. The Balaban J connectivity index is 1.55. The van der Waals surface area contributed by atoms with Gasteiger partial charge in [0.05, 0.1) is 18.7 Å². The zero-order chi connectivity index (χ0) is 38.6. The number of ketones is 1. The van der Waals surface area contributed by atoms with Gasteiger partial charge in [-0.1, -0.05) is 80.2 Å². The first-order valence-electron chi connectivity index (χ1n) is 18.8. The molecule has 1 aliphatic carbocycles. The van der Waals surface area contributed by atoms with Crippen LogP contribution in [0, 0.1) is 28.1 Å². The molecular formula is C38H60N6O8. The van der Waals surface area contributed by atoms with Gasteiger partial charge in [0.15, 0.2) is 0 Å².